The van der Waals surface area contributed by atoms with Crippen molar-refractivity contribution in [2.45, 2.75) is 58.0 Å². The SMILES string of the molecule is COC(=O)[C@@H]1C(=O)C2=C(C[C@H]1C)NC(C)=C(C(=O)OC1CCCC1)[C@H]2c1ccc(OC)c(OC)c1. The third-order valence-corrected chi connectivity index (χ3v) is 7.28. The van der Waals surface area contributed by atoms with Crippen LogP contribution < -0.4 is 14.8 Å². The van der Waals surface area contributed by atoms with Crippen molar-refractivity contribution >= 4 is 17.7 Å². The highest BCUT2D eigenvalue weighted by molar-refractivity contribution is 6.12. The maximum atomic E-state index is 13.8. The summed E-state index contributed by atoms with van der Waals surface area (Å²) < 4.78 is 21.7. The van der Waals surface area contributed by atoms with Gasteiger partial charge in [0.2, 0.25) is 0 Å². The molecule has 0 saturated heterocycles. The fraction of sp³-hybridized carbons (Fsp3) is 0.519. The number of carbonyl (C=O) groups is 3. The summed E-state index contributed by atoms with van der Waals surface area (Å²) in [4.78, 5) is 39.9. The molecule has 0 spiro atoms. The van der Waals surface area contributed by atoms with Gasteiger partial charge in [0.05, 0.1) is 26.9 Å². The summed E-state index contributed by atoms with van der Waals surface area (Å²) in [7, 11) is 4.36. The lowest BCUT2D eigenvalue weighted by Gasteiger charge is -2.38. The molecular weight excluding hydrogens is 450 g/mol. The van der Waals surface area contributed by atoms with Gasteiger partial charge in [-0.15, -0.1) is 0 Å². The standard InChI is InChI=1S/C27H33NO7/c1-14-12-18-24(25(29)21(14)26(30)34-5)23(16-10-11-19(32-3)20(13-16)33-4)22(15(2)28-18)27(31)35-17-8-6-7-9-17/h10-11,13-14,17,21,23,28H,6-9,12H2,1-5H3/t14-,21+,23-/m1/s1. The van der Waals surface area contributed by atoms with Gasteiger partial charge in [0, 0.05) is 22.9 Å². The van der Waals surface area contributed by atoms with Crippen LogP contribution in [0.15, 0.2) is 40.7 Å². The highest BCUT2D eigenvalue weighted by Crippen LogP contribution is 2.47. The second kappa shape index (κ2) is 10.1. The molecule has 1 fully saturated rings. The first-order valence-corrected chi connectivity index (χ1v) is 12.1. The van der Waals surface area contributed by atoms with E-state index in [0.29, 0.717) is 40.3 Å². The number of allylic oxidation sites excluding steroid dienone is 3. The van der Waals surface area contributed by atoms with Crippen molar-refractivity contribution in [2.24, 2.45) is 11.8 Å². The van der Waals surface area contributed by atoms with E-state index in [2.05, 4.69) is 5.32 Å². The minimum atomic E-state index is -0.936. The number of nitrogens with one attached hydrogen (secondary N) is 1. The zero-order valence-corrected chi connectivity index (χ0v) is 20.9. The Morgan fingerprint density at radius 2 is 1.71 bits per heavy atom. The number of carbonyl (C=O) groups excluding carboxylic acids is 3. The average Bonchev–Trinajstić information content (AvgIpc) is 3.35. The number of Topliss-reactive ketones (excluding diaryl/α,β-unsaturated/α-hetero) is 1. The molecule has 0 bridgehead atoms. The molecule has 0 aromatic heterocycles. The van der Waals surface area contributed by atoms with Gasteiger partial charge in [-0.05, 0) is 62.6 Å². The molecule has 1 N–H and O–H groups in total. The Labute approximate surface area is 205 Å². The predicted molar refractivity (Wildman–Crippen MR) is 128 cm³/mol. The number of benzene rings is 1. The summed E-state index contributed by atoms with van der Waals surface area (Å²) in [5.41, 5.74) is 2.81. The summed E-state index contributed by atoms with van der Waals surface area (Å²) in [6, 6.07) is 5.34. The van der Waals surface area contributed by atoms with Gasteiger partial charge in [-0.3, -0.25) is 9.59 Å². The van der Waals surface area contributed by atoms with Gasteiger partial charge in [0.1, 0.15) is 12.0 Å². The van der Waals surface area contributed by atoms with Crippen molar-refractivity contribution in [3.63, 3.8) is 0 Å². The molecule has 1 aliphatic heterocycles. The topological polar surface area (TPSA) is 100 Å². The molecule has 35 heavy (non-hydrogen) atoms. The second-order valence-corrected chi connectivity index (χ2v) is 9.46. The van der Waals surface area contributed by atoms with Crippen molar-refractivity contribution in [3.8, 4) is 11.5 Å². The van der Waals surface area contributed by atoms with E-state index >= 15 is 0 Å². The first kappa shape index (κ1) is 24.8. The van der Waals surface area contributed by atoms with E-state index in [9.17, 15) is 14.4 Å². The molecule has 3 atom stereocenters. The molecule has 8 heteroatoms. The summed E-state index contributed by atoms with van der Waals surface area (Å²) >= 11 is 0. The van der Waals surface area contributed by atoms with Gasteiger partial charge in [-0.1, -0.05) is 13.0 Å². The molecule has 2 aliphatic carbocycles. The number of ether oxygens (including phenoxy) is 4. The Balaban J connectivity index is 1.84. The lowest BCUT2D eigenvalue weighted by molar-refractivity contribution is -0.151. The smallest absolute Gasteiger partial charge is 0.337 e. The van der Waals surface area contributed by atoms with E-state index in [0.717, 1.165) is 31.4 Å². The maximum absolute atomic E-state index is 13.8. The van der Waals surface area contributed by atoms with Crippen molar-refractivity contribution in [2.75, 3.05) is 21.3 Å². The average molecular weight is 484 g/mol. The van der Waals surface area contributed by atoms with Crippen LogP contribution >= 0.6 is 0 Å². The fourth-order valence-corrected chi connectivity index (χ4v) is 5.54. The monoisotopic (exact) mass is 483 g/mol. The molecule has 3 aliphatic rings. The molecule has 1 aromatic carbocycles. The lowest BCUT2D eigenvalue weighted by atomic mass is 9.69. The summed E-state index contributed by atoms with van der Waals surface area (Å²) in [6.45, 7) is 3.68. The molecule has 1 aromatic rings. The highest BCUT2D eigenvalue weighted by atomic mass is 16.5. The Morgan fingerprint density at radius 3 is 2.34 bits per heavy atom. The first-order valence-electron chi connectivity index (χ1n) is 12.1. The van der Waals surface area contributed by atoms with Gasteiger partial charge < -0.3 is 24.3 Å². The number of rotatable bonds is 6. The van der Waals surface area contributed by atoms with Gasteiger partial charge in [-0.25, -0.2) is 4.79 Å². The van der Waals surface area contributed by atoms with Crippen LogP contribution in [0.3, 0.4) is 0 Å². The molecule has 1 heterocycles. The summed E-state index contributed by atoms with van der Waals surface area (Å²) in [5, 5.41) is 3.29. The molecular formula is C27H33NO7. The van der Waals surface area contributed by atoms with Gasteiger partial charge in [0.25, 0.3) is 0 Å². The zero-order valence-electron chi connectivity index (χ0n) is 20.9. The van der Waals surface area contributed by atoms with E-state index in [1.807, 2.05) is 19.9 Å². The van der Waals surface area contributed by atoms with E-state index in [1.165, 1.54) is 14.2 Å². The molecule has 8 nitrogen and oxygen atoms in total. The van der Waals surface area contributed by atoms with E-state index in [1.54, 1.807) is 19.2 Å². The van der Waals surface area contributed by atoms with E-state index in [-0.39, 0.29) is 17.8 Å². The Hall–Kier alpha value is -3.29. The van der Waals surface area contributed by atoms with Crippen molar-refractivity contribution < 1.29 is 33.3 Å². The van der Waals surface area contributed by atoms with Crippen LogP contribution in [0.1, 0.15) is 57.4 Å². The van der Waals surface area contributed by atoms with Crippen molar-refractivity contribution in [1.29, 1.82) is 0 Å². The number of dihydropyridines is 1. The number of hydrogen-bond donors (Lipinski definition) is 1. The van der Waals surface area contributed by atoms with Crippen LogP contribution in [0.5, 0.6) is 11.5 Å². The maximum Gasteiger partial charge on any atom is 0.337 e. The van der Waals surface area contributed by atoms with Gasteiger partial charge in [-0.2, -0.15) is 0 Å². The largest absolute Gasteiger partial charge is 0.493 e. The van der Waals surface area contributed by atoms with Crippen LogP contribution in [-0.4, -0.2) is 45.2 Å². The second-order valence-electron chi connectivity index (χ2n) is 9.46. The number of methoxy groups -OCH3 is 3. The fourth-order valence-electron chi connectivity index (χ4n) is 5.54. The molecule has 188 valence electrons. The number of esters is 2. The molecule has 1 saturated carbocycles. The Morgan fingerprint density at radius 1 is 1.03 bits per heavy atom. The molecule has 0 amide bonds. The minimum absolute atomic E-state index is 0.130. The van der Waals surface area contributed by atoms with Crippen LogP contribution in [0, 0.1) is 11.8 Å². The summed E-state index contributed by atoms with van der Waals surface area (Å²) in [6.07, 6.45) is 4.07. The number of hydrogen-bond acceptors (Lipinski definition) is 8. The number of ketones is 1. The third kappa shape index (κ3) is 4.54. The Kier molecular flexibility index (Phi) is 7.19. The van der Waals surface area contributed by atoms with Gasteiger partial charge in [0.15, 0.2) is 17.3 Å². The quantitative estimate of drug-likeness (QED) is 0.482. The van der Waals surface area contributed by atoms with Crippen molar-refractivity contribution in [1.82, 2.24) is 5.32 Å². The predicted octanol–water partition coefficient (Wildman–Crippen LogP) is 3.80. The third-order valence-electron chi connectivity index (χ3n) is 7.28. The first-order chi connectivity index (χ1) is 16.8. The zero-order chi connectivity index (χ0) is 25.3. The minimum Gasteiger partial charge on any atom is -0.493 e. The van der Waals surface area contributed by atoms with Crippen LogP contribution in [-0.2, 0) is 23.9 Å². The normalized spacial score (nSPS) is 24.6. The van der Waals surface area contributed by atoms with Crippen LogP contribution in [0.4, 0.5) is 0 Å². The van der Waals surface area contributed by atoms with Crippen molar-refractivity contribution in [3.05, 3.63) is 46.3 Å². The summed E-state index contributed by atoms with van der Waals surface area (Å²) in [5.74, 6) is -2.24. The molecule has 4 rings (SSSR count). The van der Waals surface area contributed by atoms with E-state index < -0.39 is 23.8 Å². The molecule has 0 unspecified atom stereocenters. The van der Waals surface area contributed by atoms with Crippen LogP contribution in [0.2, 0.25) is 0 Å². The van der Waals surface area contributed by atoms with E-state index in [4.69, 9.17) is 18.9 Å². The lowest BCUT2D eigenvalue weighted by Crippen LogP contribution is -2.43. The van der Waals surface area contributed by atoms with Gasteiger partial charge >= 0.3 is 11.9 Å². The molecule has 0 radical (unpaired) electrons. The highest BCUT2D eigenvalue weighted by Gasteiger charge is 2.47. The Bertz CT molecular complexity index is 1100. The van der Waals surface area contributed by atoms with Crippen LogP contribution in [0.25, 0.3) is 0 Å².